The summed E-state index contributed by atoms with van der Waals surface area (Å²) in [6.07, 6.45) is 3.82. The van der Waals surface area contributed by atoms with Gasteiger partial charge in [0.25, 0.3) is 0 Å². The maximum Gasteiger partial charge on any atom is 0.0452 e. The topological polar surface area (TPSA) is 4.41 Å². The van der Waals surface area contributed by atoms with Crippen molar-refractivity contribution in [2.24, 2.45) is 0 Å². The van der Waals surface area contributed by atoms with E-state index in [9.17, 15) is 0 Å². The molecule has 0 unspecified atom stereocenters. The first-order chi connectivity index (χ1) is 6.29. The molecule has 2 aromatic rings. The summed E-state index contributed by atoms with van der Waals surface area (Å²) in [6, 6.07) is 10.4. The Hall–Kier alpha value is -1.50. The Bertz CT molecular complexity index is 385. The summed E-state index contributed by atoms with van der Waals surface area (Å²) in [4.78, 5) is 0. The molecule has 0 radical (unpaired) electrons. The molecule has 1 heteroatoms. The first kappa shape index (κ1) is 9.59. The molecule has 0 fully saturated rings. The number of hydrogen-bond acceptors (Lipinski definition) is 0. The minimum absolute atomic E-state index is 1.26. The van der Waals surface area contributed by atoms with Crippen LogP contribution >= 0.6 is 0 Å². The zero-order valence-electron chi connectivity index (χ0n) is 8.20. The third-order valence-corrected chi connectivity index (χ3v) is 1.77. The van der Waals surface area contributed by atoms with Crippen LogP contribution in [0.1, 0.15) is 12.6 Å². The van der Waals surface area contributed by atoms with Crippen LogP contribution in [0.3, 0.4) is 0 Å². The van der Waals surface area contributed by atoms with Gasteiger partial charge in [-0.15, -0.1) is 6.58 Å². The van der Waals surface area contributed by atoms with Crippen LogP contribution in [0.15, 0.2) is 49.2 Å². The lowest BCUT2D eigenvalue weighted by molar-refractivity contribution is 1.11. The highest BCUT2D eigenvalue weighted by Gasteiger charge is 1.91. The summed E-state index contributed by atoms with van der Waals surface area (Å²) in [6.45, 7) is 7.35. The Morgan fingerprint density at radius 2 is 1.92 bits per heavy atom. The molecule has 0 N–H and O–H groups in total. The maximum absolute atomic E-state index is 3.36. The molecule has 0 aliphatic carbocycles. The molecule has 0 aliphatic rings. The van der Waals surface area contributed by atoms with E-state index in [0.29, 0.717) is 0 Å². The number of aromatic nitrogens is 1. The van der Waals surface area contributed by atoms with Crippen molar-refractivity contribution in [1.82, 2.24) is 4.40 Å². The van der Waals surface area contributed by atoms with Gasteiger partial charge in [-0.1, -0.05) is 12.1 Å². The van der Waals surface area contributed by atoms with E-state index in [-0.39, 0.29) is 0 Å². The second-order valence-corrected chi connectivity index (χ2v) is 2.88. The lowest BCUT2D eigenvalue weighted by atomic mass is 10.4. The number of aryl methyl sites for hydroxylation is 1. The van der Waals surface area contributed by atoms with E-state index in [2.05, 4.69) is 48.4 Å². The summed E-state index contributed by atoms with van der Waals surface area (Å²) in [5.41, 5.74) is 2.55. The Morgan fingerprint density at radius 3 is 2.54 bits per heavy atom. The summed E-state index contributed by atoms with van der Waals surface area (Å²) in [5.74, 6) is 0. The smallest absolute Gasteiger partial charge is 0.0452 e. The van der Waals surface area contributed by atoms with Crippen LogP contribution in [0.2, 0.25) is 0 Å². The molecule has 0 saturated carbocycles. The van der Waals surface area contributed by atoms with Crippen LogP contribution in [0, 0.1) is 6.92 Å². The molecule has 0 bridgehead atoms. The minimum atomic E-state index is 1.26. The Labute approximate surface area is 79.3 Å². The standard InChI is InChI=1S/C9H9N.C3H6/c1-8-5-6-9-4-2-3-7-10(8)9;1-3-2/h2-7H,1H3;3H,1H2,2H3. The van der Waals surface area contributed by atoms with Gasteiger partial charge in [-0.2, -0.15) is 0 Å². The fourth-order valence-electron chi connectivity index (χ4n) is 1.20. The predicted molar refractivity (Wildman–Crippen MR) is 58.0 cm³/mol. The largest absolute Gasteiger partial charge is 0.321 e. The van der Waals surface area contributed by atoms with Crippen molar-refractivity contribution in [3.8, 4) is 0 Å². The zero-order valence-corrected chi connectivity index (χ0v) is 8.20. The van der Waals surface area contributed by atoms with Gasteiger partial charge < -0.3 is 4.40 Å². The molecule has 2 aromatic heterocycles. The summed E-state index contributed by atoms with van der Waals surface area (Å²) >= 11 is 0. The number of pyridine rings is 1. The third kappa shape index (κ3) is 2.22. The SMILES string of the molecule is C=CC.Cc1ccc2ccccn12. The lowest BCUT2D eigenvalue weighted by Crippen LogP contribution is -1.82. The van der Waals surface area contributed by atoms with E-state index in [1.807, 2.05) is 13.0 Å². The molecular formula is C12H15N. The van der Waals surface area contributed by atoms with Gasteiger partial charge in [0, 0.05) is 17.4 Å². The molecule has 0 aliphatic heterocycles. The van der Waals surface area contributed by atoms with Gasteiger partial charge in [-0.25, -0.2) is 0 Å². The fourth-order valence-corrected chi connectivity index (χ4v) is 1.20. The van der Waals surface area contributed by atoms with Crippen LogP contribution in [0.25, 0.3) is 5.52 Å². The predicted octanol–water partition coefficient (Wildman–Crippen LogP) is 3.44. The van der Waals surface area contributed by atoms with Crippen LogP contribution in [-0.2, 0) is 0 Å². The van der Waals surface area contributed by atoms with E-state index < -0.39 is 0 Å². The van der Waals surface area contributed by atoms with Crippen molar-refractivity contribution in [3.05, 3.63) is 54.9 Å². The Balaban J connectivity index is 0.000000251. The Morgan fingerprint density at radius 1 is 1.23 bits per heavy atom. The fraction of sp³-hybridized carbons (Fsp3) is 0.167. The first-order valence-corrected chi connectivity index (χ1v) is 4.39. The highest BCUT2D eigenvalue weighted by atomic mass is 14.9. The quantitative estimate of drug-likeness (QED) is 0.537. The van der Waals surface area contributed by atoms with Crippen molar-refractivity contribution in [2.75, 3.05) is 0 Å². The van der Waals surface area contributed by atoms with Gasteiger partial charge in [-0.05, 0) is 38.1 Å². The van der Waals surface area contributed by atoms with Crippen molar-refractivity contribution in [3.63, 3.8) is 0 Å². The van der Waals surface area contributed by atoms with Gasteiger partial charge >= 0.3 is 0 Å². The molecule has 0 aromatic carbocycles. The number of hydrogen-bond donors (Lipinski definition) is 0. The molecule has 0 atom stereocenters. The average Bonchev–Trinajstić information content (AvgIpc) is 2.50. The highest BCUT2D eigenvalue weighted by molar-refractivity contribution is 5.48. The number of fused-ring (bicyclic) bond motifs is 1. The number of allylic oxidation sites excluding steroid dienone is 1. The molecule has 2 rings (SSSR count). The van der Waals surface area contributed by atoms with Gasteiger partial charge in [-0.3, -0.25) is 0 Å². The molecule has 0 amide bonds. The average molecular weight is 173 g/mol. The highest BCUT2D eigenvalue weighted by Crippen LogP contribution is 2.07. The molecular weight excluding hydrogens is 158 g/mol. The molecule has 0 spiro atoms. The zero-order chi connectivity index (χ0) is 9.68. The van der Waals surface area contributed by atoms with E-state index in [1.54, 1.807) is 6.08 Å². The van der Waals surface area contributed by atoms with Crippen LogP contribution < -0.4 is 0 Å². The van der Waals surface area contributed by atoms with Crippen LogP contribution in [0.4, 0.5) is 0 Å². The van der Waals surface area contributed by atoms with Crippen molar-refractivity contribution in [2.45, 2.75) is 13.8 Å². The van der Waals surface area contributed by atoms with Gasteiger partial charge in [0.05, 0.1) is 0 Å². The Kier molecular flexibility index (Phi) is 3.32. The minimum Gasteiger partial charge on any atom is -0.321 e. The second-order valence-electron chi connectivity index (χ2n) is 2.88. The summed E-state index contributed by atoms with van der Waals surface area (Å²) in [5, 5.41) is 0. The number of rotatable bonds is 0. The van der Waals surface area contributed by atoms with Crippen LogP contribution in [-0.4, -0.2) is 4.40 Å². The van der Waals surface area contributed by atoms with E-state index in [1.165, 1.54) is 11.2 Å². The maximum atomic E-state index is 3.36. The first-order valence-electron chi connectivity index (χ1n) is 4.39. The molecule has 0 saturated heterocycles. The van der Waals surface area contributed by atoms with Gasteiger partial charge in [0.1, 0.15) is 0 Å². The van der Waals surface area contributed by atoms with E-state index >= 15 is 0 Å². The monoisotopic (exact) mass is 173 g/mol. The third-order valence-electron chi connectivity index (χ3n) is 1.77. The lowest BCUT2D eigenvalue weighted by Gasteiger charge is -1.93. The van der Waals surface area contributed by atoms with Crippen molar-refractivity contribution < 1.29 is 0 Å². The van der Waals surface area contributed by atoms with Crippen molar-refractivity contribution >= 4 is 5.52 Å². The summed E-state index contributed by atoms with van der Waals surface area (Å²) < 4.78 is 2.17. The molecule has 1 nitrogen and oxygen atoms in total. The molecule has 2 heterocycles. The normalized spacial score (nSPS) is 9.08. The molecule has 68 valence electrons. The number of nitrogens with zero attached hydrogens (tertiary/aromatic N) is 1. The second kappa shape index (κ2) is 4.51. The van der Waals surface area contributed by atoms with Gasteiger partial charge in [0.15, 0.2) is 0 Å². The molecule has 13 heavy (non-hydrogen) atoms. The van der Waals surface area contributed by atoms with Crippen molar-refractivity contribution in [1.29, 1.82) is 0 Å². The van der Waals surface area contributed by atoms with E-state index in [0.717, 1.165) is 0 Å². The van der Waals surface area contributed by atoms with Gasteiger partial charge in [0.2, 0.25) is 0 Å². The van der Waals surface area contributed by atoms with Crippen LogP contribution in [0.5, 0.6) is 0 Å². The van der Waals surface area contributed by atoms with E-state index in [4.69, 9.17) is 0 Å². The summed E-state index contributed by atoms with van der Waals surface area (Å²) in [7, 11) is 0.